The number of hydrogen-bond acceptors (Lipinski definition) is 4. The quantitative estimate of drug-likeness (QED) is 0.281. The van der Waals surface area contributed by atoms with E-state index < -0.39 is 0 Å². The van der Waals surface area contributed by atoms with Gasteiger partial charge in [0.25, 0.3) is 0 Å². The maximum absolute atomic E-state index is 7.19. The molecule has 11 rings (SSSR count). The molecule has 8 aliphatic rings. The fourth-order valence-corrected chi connectivity index (χ4v) is 12.1. The van der Waals surface area contributed by atoms with Crippen LogP contribution in [-0.2, 0) is 10.8 Å². The van der Waals surface area contributed by atoms with E-state index >= 15 is 0 Å². The summed E-state index contributed by atoms with van der Waals surface area (Å²) in [5, 5.41) is 0. The highest BCUT2D eigenvalue weighted by atomic mass is 16.5. The summed E-state index contributed by atoms with van der Waals surface area (Å²) >= 11 is 0. The van der Waals surface area contributed by atoms with E-state index in [0.29, 0.717) is 0 Å². The van der Waals surface area contributed by atoms with Gasteiger partial charge in [-0.15, -0.1) is 0 Å². The third kappa shape index (κ3) is 4.30. The number of hydrogen-bond donors (Lipinski definition) is 2. The maximum Gasteiger partial charge on any atom is 0.173 e. The summed E-state index contributed by atoms with van der Waals surface area (Å²) < 4.78 is 14.4. The van der Waals surface area contributed by atoms with Crippen LogP contribution in [0.5, 0.6) is 23.0 Å². The molecule has 0 unspecified atom stereocenters. The van der Waals surface area contributed by atoms with Crippen LogP contribution in [0, 0.1) is 49.4 Å². The van der Waals surface area contributed by atoms with Crippen LogP contribution in [0.25, 0.3) is 0 Å². The van der Waals surface area contributed by atoms with Crippen LogP contribution in [0.3, 0.4) is 0 Å². The lowest BCUT2D eigenvalue weighted by molar-refractivity contribution is -0.00832. The molecule has 8 bridgehead atoms. The Morgan fingerprint density at radius 3 is 1.11 bits per heavy atom. The summed E-state index contributed by atoms with van der Waals surface area (Å²) in [7, 11) is 0. The van der Waals surface area contributed by atoms with Gasteiger partial charge in [0, 0.05) is 22.5 Å². The zero-order chi connectivity index (χ0) is 29.8. The van der Waals surface area contributed by atoms with Gasteiger partial charge >= 0.3 is 0 Å². The van der Waals surface area contributed by atoms with Crippen molar-refractivity contribution in [3.05, 3.63) is 70.8 Å². The van der Waals surface area contributed by atoms with Gasteiger partial charge in [-0.1, -0.05) is 12.1 Å². The first-order valence-corrected chi connectivity index (χ1v) is 17.5. The van der Waals surface area contributed by atoms with Gasteiger partial charge in [0.2, 0.25) is 0 Å². The minimum absolute atomic E-state index is 0.169. The minimum Gasteiger partial charge on any atom is -0.453 e. The highest BCUT2D eigenvalue weighted by Gasteiger charge is 2.55. The Morgan fingerprint density at radius 1 is 0.500 bits per heavy atom. The zero-order valence-electron chi connectivity index (χ0n) is 26.5. The van der Waals surface area contributed by atoms with Crippen molar-refractivity contribution >= 4 is 11.4 Å². The first kappa shape index (κ1) is 27.2. The second kappa shape index (κ2) is 9.68. The van der Waals surface area contributed by atoms with E-state index in [4.69, 9.17) is 20.9 Å². The standard InChI is InChI=1S/C40H48N2O2/c1-23-9-31(3-7-35(23)41)43-37-33(39-17-25-11-26(18-39)13-27(12-25)19-39)5-6-34(38(37)44-32-4-8-36(42)24(2)10-32)40-20-28-14-29(21-40)16-30(15-28)22-40/h3-10,25-30H,11-22,41-42H2,1-2H3. The summed E-state index contributed by atoms with van der Waals surface area (Å²) in [4.78, 5) is 0. The molecule has 0 spiro atoms. The molecule has 4 N–H and O–H groups in total. The number of rotatable bonds is 6. The predicted octanol–water partition coefficient (Wildman–Crippen LogP) is 9.99. The van der Waals surface area contributed by atoms with Crippen molar-refractivity contribution in [3.8, 4) is 23.0 Å². The smallest absolute Gasteiger partial charge is 0.173 e. The van der Waals surface area contributed by atoms with Gasteiger partial charge in [-0.25, -0.2) is 0 Å². The first-order chi connectivity index (χ1) is 21.2. The number of benzene rings is 3. The van der Waals surface area contributed by atoms with Crippen LogP contribution >= 0.6 is 0 Å². The summed E-state index contributed by atoms with van der Waals surface area (Å²) in [6.07, 6.45) is 16.2. The molecule has 8 aliphatic carbocycles. The molecule has 4 heteroatoms. The Balaban J connectivity index is 1.26. The predicted molar refractivity (Wildman–Crippen MR) is 177 cm³/mol. The largest absolute Gasteiger partial charge is 0.453 e. The summed E-state index contributed by atoms with van der Waals surface area (Å²) in [5.74, 6) is 8.73. The molecule has 8 fully saturated rings. The average Bonchev–Trinajstić information content (AvgIpc) is 2.96. The summed E-state index contributed by atoms with van der Waals surface area (Å²) in [5.41, 5.74) is 19.4. The van der Waals surface area contributed by atoms with E-state index in [0.717, 1.165) is 81.0 Å². The highest BCUT2D eigenvalue weighted by molar-refractivity contribution is 5.62. The molecule has 0 aromatic heterocycles. The number of nitrogen functional groups attached to an aromatic ring is 2. The minimum atomic E-state index is 0.169. The zero-order valence-corrected chi connectivity index (χ0v) is 26.5. The van der Waals surface area contributed by atoms with Gasteiger partial charge in [-0.2, -0.15) is 0 Å². The van der Waals surface area contributed by atoms with Gasteiger partial charge in [-0.3, -0.25) is 0 Å². The first-order valence-electron chi connectivity index (χ1n) is 17.5. The molecule has 8 saturated carbocycles. The molecule has 0 aliphatic heterocycles. The molecule has 3 aromatic rings. The van der Waals surface area contributed by atoms with Gasteiger partial charge < -0.3 is 20.9 Å². The molecule has 4 nitrogen and oxygen atoms in total. The molecule has 0 amide bonds. The number of anilines is 2. The Hall–Kier alpha value is -3.14. The van der Waals surface area contributed by atoms with Crippen molar-refractivity contribution in [1.29, 1.82) is 0 Å². The highest BCUT2D eigenvalue weighted by Crippen LogP contribution is 2.66. The van der Waals surface area contributed by atoms with E-state index in [1.807, 2.05) is 24.3 Å². The maximum atomic E-state index is 7.19. The van der Waals surface area contributed by atoms with Crippen LogP contribution in [-0.4, -0.2) is 0 Å². The number of nitrogens with two attached hydrogens (primary N) is 2. The average molecular weight is 589 g/mol. The topological polar surface area (TPSA) is 70.5 Å². The molecule has 0 saturated heterocycles. The third-order valence-electron chi connectivity index (χ3n) is 13.3. The van der Waals surface area contributed by atoms with E-state index in [-0.39, 0.29) is 10.8 Å². The summed E-state index contributed by atoms with van der Waals surface area (Å²) in [6, 6.07) is 17.3. The molecule has 0 heterocycles. The van der Waals surface area contributed by atoms with Crippen molar-refractivity contribution in [2.75, 3.05) is 11.5 Å². The molecular weight excluding hydrogens is 540 g/mol. The van der Waals surface area contributed by atoms with Crippen molar-refractivity contribution in [2.24, 2.45) is 35.5 Å². The molecular formula is C40H48N2O2. The van der Waals surface area contributed by atoms with Crippen LogP contribution < -0.4 is 20.9 Å². The van der Waals surface area contributed by atoms with E-state index in [1.165, 1.54) is 88.2 Å². The summed E-state index contributed by atoms with van der Waals surface area (Å²) in [6.45, 7) is 4.14. The van der Waals surface area contributed by atoms with E-state index in [1.54, 1.807) is 0 Å². The fourth-order valence-electron chi connectivity index (χ4n) is 12.1. The van der Waals surface area contributed by atoms with Crippen LogP contribution in [0.15, 0.2) is 48.5 Å². The fraction of sp³-hybridized carbons (Fsp3) is 0.550. The van der Waals surface area contributed by atoms with Gasteiger partial charge in [0.05, 0.1) is 0 Å². The molecule has 44 heavy (non-hydrogen) atoms. The second-order valence-corrected chi connectivity index (χ2v) is 16.5. The van der Waals surface area contributed by atoms with E-state index in [2.05, 4.69) is 38.1 Å². The van der Waals surface area contributed by atoms with Crippen LogP contribution in [0.2, 0.25) is 0 Å². The van der Waals surface area contributed by atoms with Gasteiger partial charge in [0.1, 0.15) is 11.5 Å². The Kier molecular flexibility index (Phi) is 5.98. The molecule has 3 aromatic carbocycles. The number of aryl methyl sites for hydroxylation is 2. The lowest BCUT2D eigenvalue weighted by Gasteiger charge is -2.58. The monoisotopic (exact) mass is 588 g/mol. The van der Waals surface area contributed by atoms with Gasteiger partial charge in [-0.05, 0) is 185 Å². The second-order valence-electron chi connectivity index (χ2n) is 16.5. The molecule has 0 atom stereocenters. The van der Waals surface area contributed by atoms with Gasteiger partial charge in [0.15, 0.2) is 11.5 Å². The molecule has 230 valence electrons. The lowest BCUT2D eigenvalue weighted by atomic mass is 9.47. The third-order valence-corrected chi connectivity index (χ3v) is 13.3. The van der Waals surface area contributed by atoms with Crippen LogP contribution in [0.4, 0.5) is 11.4 Å². The lowest BCUT2D eigenvalue weighted by Crippen LogP contribution is -2.49. The van der Waals surface area contributed by atoms with Crippen molar-refractivity contribution in [2.45, 2.75) is 102 Å². The normalized spacial score (nSPS) is 36.1. The molecule has 0 radical (unpaired) electrons. The Morgan fingerprint density at radius 2 is 0.818 bits per heavy atom. The van der Waals surface area contributed by atoms with E-state index in [9.17, 15) is 0 Å². The van der Waals surface area contributed by atoms with Crippen LogP contribution in [0.1, 0.15) is 99.3 Å². The SMILES string of the molecule is Cc1cc(Oc2c(C34CC5CC(CC(C5)C3)C4)ccc(C34CC5CC(CC(C5)C3)C4)c2Oc2ccc(N)c(C)c2)ccc1N. The van der Waals surface area contributed by atoms with Crippen molar-refractivity contribution in [1.82, 2.24) is 0 Å². The van der Waals surface area contributed by atoms with Crippen molar-refractivity contribution < 1.29 is 9.47 Å². The van der Waals surface area contributed by atoms with Crippen molar-refractivity contribution in [3.63, 3.8) is 0 Å². The Labute approximate surface area is 262 Å². The number of ether oxygens (including phenoxy) is 2. The Bertz CT molecular complexity index is 1450.